The van der Waals surface area contributed by atoms with E-state index < -0.39 is 27.1 Å². The minimum absolute atomic E-state index is 0.123. The second-order valence-corrected chi connectivity index (χ2v) is 4.26. The Kier molecular flexibility index (Phi) is 3.89. The maximum absolute atomic E-state index is 12.2. The van der Waals surface area contributed by atoms with E-state index in [4.69, 9.17) is 0 Å². The molecular formula is C11H12N4O5. The van der Waals surface area contributed by atoms with Crippen molar-refractivity contribution in [3.8, 4) is 0 Å². The molecule has 9 heteroatoms. The van der Waals surface area contributed by atoms with Crippen LogP contribution in [-0.4, -0.2) is 46.8 Å². The number of nitro groups is 2. The average molecular weight is 280 g/mol. The van der Waals surface area contributed by atoms with E-state index >= 15 is 0 Å². The van der Waals surface area contributed by atoms with Crippen molar-refractivity contribution in [2.75, 3.05) is 26.2 Å². The highest BCUT2D eigenvalue weighted by Crippen LogP contribution is 2.25. The van der Waals surface area contributed by atoms with Crippen molar-refractivity contribution in [1.29, 1.82) is 0 Å². The molecule has 0 aliphatic carbocycles. The SMILES string of the molecule is O=C(c1ccc([N+](=O)[O-])cc1[N+](=O)[O-])N1CCNCC1. The van der Waals surface area contributed by atoms with Crippen LogP contribution in [-0.2, 0) is 0 Å². The van der Waals surface area contributed by atoms with Gasteiger partial charge in [0, 0.05) is 32.2 Å². The Morgan fingerprint density at radius 2 is 1.80 bits per heavy atom. The monoisotopic (exact) mass is 280 g/mol. The average Bonchev–Trinajstić information content (AvgIpc) is 2.46. The minimum atomic E-state index is -0.775. The number of hydrogen-bond acceptors (Lipinski definition) is 6. The van der Waals surface area contributed by atoms with Gasteiger partial charge in [0.25, 0.3) is 17.3 Å². The van der Waals surface area contributed by atoms with Crippen molar-refractivity contribution in [3.63, 3.8) is 0 Å². The van der Waals surface area contributed by atoms with Crippen LogP contribution in [0.2, 0.25) is 0 Å². The van der Waals surface area contributed by atoms with Gasteiger partial charge in [0.2, 0.25) is 0 Å². The molecule has 0 radical (unpaired) electrons. The summed E-state index contributed by atoms with van der Waals surface area (Å²) in [5, 5.41) is 24.7. The Morgan fingerprint density at radius 3 is 2.35 bits per heavy atom. The first-order valence-electron chi connectivity index (χ1n) is 5.93. The van der Waals surface area contributed by atoms with E-state index in [9.17, 15) is 25.0 Å². The number of piperazine rings is 1. The van der Waals surface area contributed by atoms with E-state index in [0.717, 1.165) is 18.2 Å². The van der Waals surface area contributed by atoms with Crippen LogP contribution in [0.3, 0.4) is 0 Å². The number of nitrogens with one attached hydrogen (secondary N) is 1. The molecule has 0 atom stereocenters. The summed E-state index contributed by atoms with van der Waals surface area (Å²) in [7, 11) is 0. The van der Waals surface area contributed by atoms with Gasteiger partial charge in [0.1, 0.15) is 5.56 Å². The Morgan fingerprint density at radius 1 is 1.15 bits per heavy atom. The van der Waals surface area contributed by atoms with Gasteiger partial charge >= 0.3 is 0 Å². The molecule has 1 aromatic rings. The Bertz CT molecular complexity index is 568. The van der Waals surface area contributed by atoms with Crippen LogP contribution in [0.25, 0.3) is 0 Å². The fourth-order valence-corrected chi connectivity index (χ4v) is 2.00. The molecule has 9 nitrogen and oxygen atoms in total. The first-order valence-corrected chi connectivity index (χ1v) is 5.93. The van der Waals surface area contributed by atoms with Crippen LogP contribution in [0.15, 0.2) is 18.2 Å². The van der Waals surface area contributed by atoms with Gasteiger partial charge in [-0.25, -0.2) is 0 Å². The van der Waals surface area contributed by atoms with Crippen LogP contribution < -0.4 is 5.32 Å². The van der Waals surface area contributed by atoms with Crippen LogP contribution >= 0.6 is 0 Å². The number of non-ortho nitro benzene ring substituents is 1. The van der Waals surface area contributed by atoms with Gasteiger partial charge in [-0.15, -0.1) is 0 Å². The molecule has 2 rings (SSSR count). The third-order valence-corrected chi connectivity index (χ3v) is 3.02. The number of rotatable bonds is 3. The fraction of sp³-hybridized carbons (Fsp3) is 0.364. The summed E-state index contributed by atoms with van der Waals surface area (Å²) in [6.45, 7) is 2.14. The van der Waals surface area contributed by atoms with E-state index in [1.165, 1.54) is 4.90 Å². The van der Waals surface area contributed by atoms with Gasteiger partial charge in [0.15, 0.2) is 0 Å². The Balaban J connectivity index is 2.37. The minimum Gasteiger partial charge on any atom is -0.336 e. The molecule has 0 aromatic heterocycles. The van der Waals surface area contributed by atoms with Gasteiger partial charge in [-0.1, -0.05) is 0 Å². The van der Waals surface area contributed by atoms with Gasteiger partial charge in [-0.2, -0.15) is 0 Å². The summed E-state index contributed by atoms with van der Waals surface area (Å²) in [6, 6.07) is 3.05. The smallest absolute Gasteiger partial charge is 0.289 e. The van der Waals surface area contributed by atoms with Crippen molar-refractivity contribution in [1.82, 2.24) is 10.2 Å². The zero-order chi connectivity index (χ0) is 14.7. The molecule has 106 valence electrons. The van der Waals surface area contributed by atoms with Crippen molar-refractivity contribution < 1.29 is 14.6 Å². The van der Waals surface area contributed by atoms with Gasteiger partial charge in [-0.3, -0.25) is 25.0 Å². The number of carbonyl (C=O) groups is 1. The normalized spacial score (nSPS) is 14.9. The molecule has 20 heavy (non-hydrogen) atoms. The lowest BCUT2D eigenvalue weighted by atomic mass is 10.1. The summed E-state index contributed by atoms with van der Waals surface area (Å²) in [4.78, 5) is 33.8. The van der Waals surface area contributed by atoms with E-state index in [-0.39, 0.29) is 5.56 Å². The maximum atomic E-state index is 12.2. The molecule has 0 saturated carbocycles. The lowest BCUT2D eigenvalue weighted by Gasteiger charge is -2.27. The van der Waals surface area contributed by atoms with Crippen molar-refractivity contribution in [2.24, 2.45) is 0 Å². The molecule has 1 N–H and O–H groups in total. The third kappa shape index (κ3) is 2.72. The summed E-state index contributed by atoms with van der Waals surface area (Å²) in [6.07, 6.45) is 0. The van der Waals surface area contributed by atoms with Crippen molar-refractivity contribution >= 4 is 17.3 Å². The van der Waals surface area contributed by atoms with Gasteiger partial charge in [0.05, 0.1) is 15.9 Å². The van der Waals surface area contributed by atoms with Crippen LogP contribution in [0.5, 0.6) is 0 Å². The van der Waals surface area contributed by atoms with Crippen molar-refractivity contribution in [3.05, 3.63) is 44.0 Å². The maximum Gasteiger partial charge on any atom is 0.289 e. The molecule has 1 aromatic carbocycles. The quantitative estimate of drug-likeness (QED) is 0.637. The standard InChI is InChI=1S/C11H12N4O5/c16-11(13-5-3-12-4-6-13)9-2-1-8(14(17)18)7-10(9)15(19)20/h1-2,7,12H,3-6H2. The number of amides is 1. The highest BCUT2D eigenvalue weighted by Gasteiger charge is 2.27. The number of benzene rings is 1. The lowest BCUT2D eigenvalue weighted by Crippen LogP contribution is -2.46. The molecule has 0 bridgehead atoms. The lowest BCUT2D eigenvalue weighted by molar-refractivity contribution is -0.394. The third-order valence-electron chi connectivity index (χ3n) is 3.02. The van der Waals surface area contributed by atoms with E-state index in [1.54, 1.807) is 0 Å². The van der Waals surface area contributed by atoms with Crippen LogP contribution in [0.4, 0.5) is 11.4 Å². The summed E-state index contributed by atoms with van der Waals surface area (Å²) >= 11 is 0. The molecular weight excluding hydrogens is 268 g/mol. The molecule has 1 aliphatic rings. The number of nitrogens with zero attached hydrogens (tertiary/aromatic N) is 3. The fourth-order valence-electron chi connectivity index (χ4n) is 2.00. The second kappa shape index (κ2) is 5.61. The van der Waals surface area contributed by atoms with Gasteiger partial charge < -0.3 is 10.2 Å². The molecule has 0 spiro atoms. The van der Waals surface area contributed by atoms with E-state index in [0.29, 0.717) is 26.2 Å². The zero-order valence-electron chi connectivity index (χ0n) is 10.4. The van der Waals surface area contributed by atoms with Gasteiger partial charge in [-0.05, 0) is 6.07 Å². The predicted molar refractivity (Wildman–Crippen MR) is 68.5 cm³/mol. The highest BCUT2D eigenvalue weighted by molar-refractivity contribution is 5.98. The molecule has 1 amide bonds. The number of nitro benzene ring substituents is 2. The van der Waals surface area contributed by atoms with E-state index in [2.05, 4.69) is 5.32 Å². The largest absolute Gasteiger partial charge is 0.336 e. The first kappa shape index (κ1) is 13.9. The highest BCUT2D eigenvalue weighted by atomic mass is 16.6. The molecule has 1 heterocycles. The van der Waals surface area contributed by atoms with Crippen LogP contribution in [0, 0.1) is 20.2 Å². The summed E-state index contributed by atoms with van der Waals surface area (Å²) in [5.74, 6) is -0.479. The summed E-state index contributed by atoms with van der Waals surface area (Å²) < 4.78 is 0. The van der Waals surface area contributed by atoms with E-state index in [1.807, 2.05) is 0 Å². The molecule has 1 saturated heterocycles. The molecule has 0 unspecified atom stereocenters. The molecule has 1 fully saturated rings. The topological polar surface area (TPSA) is 119 Å². The Labute approximate surface area is 113 Å². The summed E-state index contributed by atoms with van der Waals surface area (Å²) in [5.41, 5.74) is -1.07. The van der Waals surface area contributed by atoms with Crippen LogP contribution in [0.1, 0.15) is 10.4 Å². The number of hydrogen-bond donors (Lipinski definition) is 1. The number of carbonyl (C=O) groups excluding carboxylic acids is 1. The molecule has 1 aliphatic heterocycles. The predicted octanol–water partition coefficient (Wildman–Crippen LogP) is 0.548. The first-order chi connectivity index (χ1) is 9.50. The van der Waals surface area contributed by atoms with Crippen molar-refractivity contribution in [2.45, 2.75) is 0 Å². The zero-order valence-corrected chi connectivity index (χ0v) is 10.4. The Hall–Kier alpha value is -2.55. The second-order valence-electron chi connectivity index (χ2n) is 4.26.